The maximum absolute atomic E-state index is 6.17. The van der Waals surface area contributed by atoms with Gasteiger partial charge in [0.25, 0.3) is 0 Å². The lowest BCUT2D eigenvalue weighted by Crippen LogP contribution is -2.12. The van der Waals surface area contributed by atoms with Crippen LogP contribution < -0.4 is 10.6 Å². The minimum absolute atomic E-state index is 0.366. The number of hydrogen-bond acceptors (Lipinski definition) is 8. The monoisotopic (exact) mass is 414 g/mol. The molecule has 0 radical (unpaired) electrons. The lowest BCUT2D eigenvalue weighted by molar-refractivity contribution is 0.416. The fourth-order valence-electron chi connectivity index (χ4n) is 2.57. The fraction of sp³-hybridized carbons (Fsp3) is 0.111. The zero-order valence-corrected chi connectivity index (χ0v) is 16.3. The molecule has 0 aliphatic carbocycles. The molecule has 28 heavy (non-hydrogen) atoms. The number of hydrogen-bond donors (Lipinski definition) is 1. The van der Waals surface area contributed by atoms with Crippen LogP contribution in [0.5, 0.6) is 5.75 Å². The highest BCUT2D eigenvalue weighted by Gasteiger charge is 2.17. The van der Waals surface area contributed by atoms with Gasteiger partial charge in [-0.2, -0.15) is 0 Å². The topological polar surface area (TPSA) is 105 Å². The Hall–Kier alpha value is -3.04. The van der Waals surface area contributed by atoms with Crippen molar-refractivity contribution < 1.29 is 9.15 Å². The van der Waals surface area contributed by atoms with E-state index in [9.17, 15) is 0 Å². The SMILES string of the molecule is COc1ccccc1-c1nnc(SCc2nnc(-c3ccccc3Cl)o2)n1N. The molecule has 4 aromatic rings. The number of nitrogens with two attached hydrogens (primary N) is 1. The van der Waals surface area contributed by atoms with Crippen molar-refractivity contribution in [2.24, 2.45) is 0 Å². The van der Waals surface area contributed by atoms with Crippen molar-refractivity contribution >= 4 is 23.4 Å². The van der Waals surface area contributed by atoms with Crippen LogP contribution in [0.25, 0.3) is 22.8 Å². The summed E-state index contributed by atoms with van der Waals surface area (Å²) in [5.74, 6) is 8.52. The molecule has 2 N–H and O–H groups in total. The van der Waals surface area contributed by atoms with Crippen molar-refractivity contribution in [3.05, 3.63) is 59.4 Å². The van der Waals surface area contributed by atoms with E-state index in [0.717, 1.165) is 5.56 Å². The molecular formula is C18H15ClN6O2S. The summed E-state index contributed by atoms with van der Waals surface area (Å²) >= 11 is 7.50. The third kappa shape index (κ3) is 3.54. The molecule has 0 saturated heterocycles. The molecule has 142 valence electrons. The van der Waals surface area contributed by atoms with Gasteiger partial charge in [0.05, 0.1) is 29.0 Å². The van der Waals surface area contributed by atoms with Crippen molar-refractivity contribution in [2.75, 3.05) is 13.0 Å². The van der Waals surface area contributed by atoms with Gasteiger partial charge in [0, 0.05) is 0 Å². The van der Waals surface area contributed by atoms with Gasteiger partial charge in [0.15, 0.2) is 5.82 Å². The molecule has 0 bridgehead atoms. The number of nitrogens with zero attached hydrogens (tertiary/aromatic N) is 5. The largest absolute Gasteiger partial charge is 0.496 e. The van der Waals surface area contributed by atoms with E-state index in [-0.39, 0.29) is 0 Å². The van der Waals surface area contributed by atoms with E-state index >= 15 is 0 Å². The summed E-state index contributed by atoms with van der Waals surface area (Å²) in [4.78, 5) is 0. The van der Waals surface area contributed by atoms with Crippen LogP contribution in [-0.4, -0.2) is 32.2 Å². The summed E-state index contributed by atoms with van der Waals surface area (Å²) in [7, 11) is 1.60. The van der Waals surface area contributed by atoms with E-state index < -0.39 is 0 Å². The number of ether oxygens (including phenoxy) is 1. The molecule has 0 fully saturated rings. The number of halogens is 1. The average Bonchev–Trinajstić information content (AvgIpc) is 3.33. The first-order chi connectivity index (χ1) is 13.7. The summed E-state index contributed by atoms with van der Waals surface area (Å²) < 4.78 is 12.5. The first-order valence-corrected chi connectivity index (χ1v) is 9.57. The highest BCUT2D eigenvalue weighted by atomic mass is 35.5. The normalized spacial score (nSPS) is 10.9. The summed E-state index contributed by atoms with van der Waals surface area (Å²) in [6.45, 7) is 0. The Morgan fingerprint density at radius 1 is 1.04 bits per heavy atom. The number of rotatable bonds is 6. The molecule has 0 amide bonds. The Kier molecular flexibility index (Phi) is 5.18. The maximum atomic E-state index is 6.17. The maximum Gasteiger partial charge on any atom is 0.249 e. The van der Waals surface area contributed by atoms with Crippen LogP contribution in [0.2, 0.25) is 5.02 Å². The van der Waals surface area contributed by atoms with Gasteiger partial charge in [-0.05, 0) is 24.3 Å². The molecule has 0 aliphatic rings. The van der Waals surface area contributed by atoms with Crippen LogP contribution in [0.15, 0.2) is 58.1 Å². The summed E-state index contributed by atoms with van der Waals surface area (Å²) in [6, 6.07) is 14.8. The number of nitrogen functional groups attached to an aromatic ring is 1. The zero-order chi connectivity index (χ0) is 19.5. The Bertz CT molecular complexity index is 1110. The second-order valence-electron chi connectivity index (χ2n) is 5.65. The van der Waals surface area contributed by atoms with Crippen LogP contribution in [0.4, 0.5) is 0 Å². The molecule has 0 spiro atoms. The second-order valence-corrected chi connectivity index (χ2v) is 7.00. The molecule has 2 aromatic carbocycles. The molecule has 0 aliphatic heterocycles. The molecule has 0 atom stereocenters. The van der Waals surface area contributed by atoms with Crippen LogP contribution in [-0.2, 0) is 5.75 Å². The lowest BCUT2D eigenvalue weighted by atomic mass is 10.2. The van der Waals surface area contributed by atoms with E-state index in [1.54, 1.807) is 13.2 Å². The van der Waals surface area contributed by atoms with Crippen LogP contribution in [0.3, 0.4) is 0 Å². The van der Waals surface area contributed by atoms with Crippen LogP contribution in [0, 0.1) is 0 Å². The lowest BCUT2D eigenvalue weighted by Gasteiger charge is -2.07. The molecule has 0 unspecified atom stereocenters. The van der Waals surface area contributed by atoms with Crippen molar-refractivity contribution in [1.29, 1.82) is 0 Å². The summed E-state index contributed by atoms with van der Waals surface area (Å²) in [6.07, 6.45) is 0. The second kappa shape index (κ2) is 7.91. The predicted octanol–water partition coefficient (Wildman–Crippen LogP) is 3.66. The third-order valence-electron chi connectivity index (χ3n) is 3.91. The highest BCUT2D eigenvalue weighted by molar-refractivity contribution is 7.98. The van der Waals surface area contributed by atoms with Crippen LogP contribution >= 0.6 is 23.4 Å². The van der Waals surface area contributed by atoms with Crippen molar-refractivity contribution in [3.63, 3.8) is 0 Å². The van der Waals surface area contributed by atoms with Crippen molar-refractivity contribution in [1.82, 2.24) is 25.1 Å². The number of thioether (sulfide) groups is 1. The number of aromatic nitrogens is 5. The number of benzene rings is 2. The fourth-order valence-corrected chi connectivity index (χ4v) is 3.48. The molecule has 2 aromatic heterocycles. The van der Waals surface area contributed by atoms with Crippen molar-refractivity contribution in [3.8, 4) is 28.6 Å². The Labute approximate surface area is 169 Å². The zero-order valence-electron chi connectivity index (χ0n) is 14.7. The Morgan fingerprint density at radius 3 is 2.57 bits per heavy atom. The molecule has 2 heterocycles. The summed E-state index contributed by atoms with van der Waals surface area (Å²) in [5, 5.41) is 17.5. The first kappa shape index (κ1) is 18.3. The van der Waals surface area contributed by atoms with Crippen LogP contribution in [0.1, 0.15) is 5.89 Å². The van der Waals surface area contributed by atoms with E-state index in [0.29, 0.717) is 44.9 Å². The molecule has 0 saturated carbocycles. The van der Waals surface area contributed by atoms with Gasteiger partial charge in [-0.25, -0.2) is 4.68 Å². The van der Waals surface area contributed by atoms with E-state index in [1.165, 1.54) is 16.4 Å². The highest BCUT2D eigenvalue weighted by Crippen LogP contribution is 2.31. The molecule has 8 nitrogen and oxygen atoms in total. The standard InChI is InChI=1S/C18H15ClN6O2S/c1-26-14-9-5-3-7-12(14)16-22-24-18(25(16)20)28-10-15-21-23-17(27-15)11-6-2-4-8-13(11)19/h2-9H,10,20H2,1H3. The number of para-hydroxylation sites is 1. The van der Waals surface area contributed by atoms with Gasteiger partial charge < -0.3 is 15.0 Å². The minimum Gasteiger partial charge on any atom is -0.496 e. The number of methoxy groups -OCH3 is 1. The van der Waals surface area contributed by atoms with Gasteiger partial charge in [-0.3, -0.25) is 0 Å². The molecular weight excluding hydrogens is 400 g/mol. The van der Waals surface area contributed by atoms with E-state index in [2.05, 4.69) is 20.4 Å². The average molecular weight is 415 g/mol. The molecule has 4 rings (SSSR count). The third-order valence-corrected chi connectivity index (χ3v) is 5.17. The first-order valence-electron chi connectivity index (χ1n) is 8.21. The summed E-state index contributed by atoms with van der Waals surface area (Å²) in [5.41, 5.74) is 1.44. The predicted molar refractivity (Wildman–Crippen MR) is 106 cm³/mol. The van der Waals surface area contributed by atoms with Gasteiger partial charge in [-0.15, -0.1) is 20.4 Å². The smallest absolute Gasteiger partial charge is 0.249 e. The quantitative estimate of drug-likeness (QED) is 0.376. The van der Waals surface area contributed by atoms with Crippen molar-refractivity contribution in [2.45, 2.75) is 10.9 Å². The molecule has 10 heteroatoms. The minimum atomic E-state index is 0.366. The van der Waals surface area contributed by atoms with E-state index in [4.69, 9.17) is 26.6 Å². The Balaban J connectivity index is 1.51. The van der Waals surface area contributed by atoms with E-state index in [1.807, 2.05) is 42.5 Å². The van der Waals surface area contributed by atoms with Gasteiger partial charge in [-0.1, -0.05) is 47.6 Å². The Morgan fingerprint density at radius 2 is 1.79 bits per heavy atom. The van der Waals surface area contributed by atoms with Gasteiger partial charge >= 0.3 is 0 Å². The van der Waals surface area contributed by atoms with Gasteiger partial charge in [0.2, 0.25) is 16.9 Å². The van der Waals surface area contributed by atoms with Gasteiger partial charge in [0.1, 0.15) is 5.75 Å².